The highest BCUT2D eigenvalue weighted by Gasteiger charge is 2.31. The minimum Gasteiger partial charge on any atom is -0.294 e. The Labute approximate surface area is 179 Å². The van der Waals surface area contributed by atoms with Crippen LogP contribution in [0.2, 0.25) is 0 Å². The third kappa shape index (κ3) is 4.42. The Balaban J connectivity index is 2.21. The minimum atomic E-state index is -3.62. The molecule has 166 valence electrons. The summed E-state index contributed by atoms with van der Waals surface area (Å²) in [6.07, 6.45) is 4.10. The predicted octanol–water partition coefficient (Wildman–Crippen LogP) is 3.99. The van der Waals surface area contributed by atoms with Gasteiger partial charge in [-0.1, -0.05) is 26.7 Å². The molecule has 0 bridgehead atoms. The van der Waals surface area contributed by atoms with Crippen molar-refractivity contribution in [3.8, 4) is 0 Å². The number of Topliss-reactive ketones (excluding diaryl/α,β-unsaturated/α-hetero) is 1. The Morgan fingerprint density at radius 2 is 1.67 bits per heavy atom. The molecular formula is C21H30N2O5S2. The highest BCUT2D eigenvalue weighted by atomic mass is 32.2. The smallest absolute Gasteiger partial charge is 0.239 e. The molecular weight excluding hydrogens is 424 g/mol. The molecule has 0 radical (unpaired) electrons. The number of nitrogens with one attached hydrogen (secondary N) is 1. The van der Waals surface area contributed by atoms with E-state index in [1.54, 1.807) is 19.1 Å². The zero-order chi connectivity index (χ0) is 22.1. The van der Waals surface area contributed by atoms with Crippen molar-refractivity contribution in [2.75, 3.05) is 16.2 Å². The normalized spacial score (nSPS) is 14.8. The number of hydrogen-bond acceptors (Lipinski definition) is 5. The molecule has 1 aromatic heterocycles. The van der Waals surface area contributed by atoms with E-state index in [0.717, 1.165) is 12.8 Å². The van der Waals surface area contributed by atoms with Crippen molar-refractivity contribution in [1.29, 1.82) is 0 Å². The topological polar surface area (TPSA) is 102 Å². The van der Waals surface area contributed by atoms with Gasteiger partial charge >= 0.3 is 0 Å². The van der Waals surface area contributed by atoms with Gasteiger partial charge in [-0.15, -0.1) is 0 Å². The average Bonchev–Trinajstić information content (AvgIpc) is 3.00. The number of anilines is 1. The number of fused-ring (bicyclic) bond motifs is 3. The molecule has 1 aliphatic rings. The zero-order valence-corrected chi connectivity index (χ0v) is 19.5. The van der Waals surface area contributed by atoms with E-state index in [2.05, 4.69) is 4.72 Å². The van der Waals surface area contributed by atoms with Gasteiger partial charge < -0.3 is 0 Å². The number of carbonyl (C=O) groups excluding carboxylic acids is 1. The predicted molar refractivity (Wildman–Crippen MR) is 120 cm³/mol. The molecule has 0 unspecified atom stereocenters. The van der Waals surface area contributed by atoms with E-state index >= 15 is 0 Å². The van der Waals surface area contributed by atoms with Gasteiger partial charge in [-0.05, 0) is 50.3 Å². The molecule has 0 fully saturated rings. The van der Waals surface area contributed by atoms with Crippen molar-refractivity contribution in [2.45, 2.75) is 65.7 Å². The fourth-order valence-corrected chi connectivity index (χ4v) is 7.07. The first kappa shape index (κ1) is 22.8. The maximum absolute atomic E-state index is 13.1. The van der Waals surface area contributed by atoms with Gasteiger partial charge in [-0.3, -0.25) is 9.52 Å². The Morgan fingerprint density at radius 3 is 2.33 bits per heavy atom. The van der Waals surface area contributed by atoms with Crippen LogP contribution in [0.25, 0.3) is 10.9 Å². The van der Waals surface area contributed by atoms with Crippen LogP contribution in [0.15, 0.2) is 12.1 Å². The molecule has 3 rings (SSSR count). The number of aryl methyl sites for hydroxylation is 1. The molecule has 1 heterocycles. The van der Waals surface area contributed by atoms with Gasteiger partial charge in [-0.2, -0.15) is 0 Å². The fourth-order valence-electron chi connectivity index (χ4n) is 3.94. The molecule has 0 aliphatic heterocycles. The SMILES string of the molecule is CCCCS(=O)(=O)Nc1cc2c3c(n(S(=O)(=O)CCCC)c2cc1C)CCCC3=O. The van der Waals surface area contributed by atoms with Crippen molar-refractivity contribution in [3.63, 3.8) is 0 Å². The van der Waals surface area contributed by atoms with Crippen molar-refractivity contribution in [2.24, 2.45) is 0 Å². The number of carbonyl (C=O) groups is 1. The van der Waals surface area contributed by atoms with Crippen LogP contribution in [0.3, 0.4) is 0 Å². The lowest BCUT2D eigenvalue weighted by atomic mass is 9.94. The van der Waals surface area contributed by atoms with E-state index in [4.69, 9.17) is 0 Å². The minimum absolute atomic E-state index is 0.0123. The monoisotopic (exact) mass is 454 g/mol. The first-order chi connectivity index (χ1) is 14.1. The lowest BCUT2D eigenvalue weighted by Crippen LogP contribution is -2.21. The maximum atomic E-state index is 13.1. The van der Waals surface area contributed by atoms with Crippen LogP contribution in [0.5, 0.6) is 0 Å². The fraction of sp³-hybridized carbons (Fsp3) is 0.571. The molecule has 2 aromatic rings. The summed E-state index contributed by atoms with van der Waals surface area (Å²) in [5.74, 6) is -0.0580. The molecule has 1 aromatic carbocycles. The molecule has 0 amide bonds. The first-order valence-corrected chi connectivity index (χ1v) is 13.8. The van der Waals surface area contributed by atoms with Crippen LogP contribution in [0.4, 0.5) is 5.69 Å². The highest BCUT2D eigenvalue weighted by molar-refractivity contribution is 7.92. The molecule has 7 nitrogen and oxygen atoms in total. The van der Waals surface area contributed by atoms with Crippen molar-refractivity contribution >= 4 is 42.4 Å². The van der Waals surface area contributed by atoms with Crippen molar-refractivity contribution in [1.82, 2.24) is 3.97 Å². The molecule has 0 saturated carbocycles. The number of nitrogens with zero attached hydrogens (tertiary/aromatic N) is 1. The van der Waals surface area contributed by atoms with E-state index in [-0.39, 0.29) is 17.3 Å². The Kier molecular flexibility index (Phi) is 6.62. The summed E-state index contributed by atoms with van der Waals surface area (Å²) >= 11 is 0. The van der Waals surface area contributed by atoms with E-state index in [1.807, 2.05) is 13.8 Å². The second-order valence-electron chi connectivity index (χ2n) is 7.99. The largest absolute Gasteiger partial charge is 0.294 e. The highest BCUT2D eigenvalue weighted by Crippen LogP contribution is 2.36. The number of hydrogen-bond donors (Lipinski definition) is 1. The lowest BCUT2D eigenvalue weighted by molar-refractivity contribution is 0.0974. The third-order valence-electron chi connectivity index (χ3n) is 5.53. The van der Waals surface area contributed by atoms with Gasteiger partial charge in [-0.25, -0.2) is 20.8 Å². The van der Waals surface area contributed by atoms with Gasteiger partial charge in [0.1, 0.15) is 0 Å². The zero-order valence-electron chi connectivity index (χ0n) is 17.8. The van der Waals surface area contributed by atoms with E-state index in [0.29, 0.717) is 65.5 Å². The molecule has 0 atom stereocenters. The van der Waals surface area contributed by atoms with E-state index < -0.39 is 20.0 Å². The summed E-state index contributed by atoms with van der Waals surface area (Å²) in [7, 11) is -7.14. The molecule has 9 heteroatoms. The number of ketones is 1. The van der Waals surface area contributed by atoms with E-state index in [9.17, 15) is 21.6 Å². The summed E-state index contributed by atoms with van der Waals surface area (Å²) in [6, 6.07) is 3.31. The lowest BCUT2D eigenvalue weighted by Gasteiger charge is -2.15. The van der Waals surface area contributed by atoms with Gasteiger partial charge in [0.15, 0.2) is 5.78 Å². The molecule has 0 saturated heterocycles. The summed E-state index contributed by atoms with van der Waals surface area (Å²) in [4.78, 5) is 12.7. The van der Waals surface area contributed by atoms with Crippen molar-refractivity contribution in [3.05, 3.63) is 29.0 Å². The van der Waals surface area contributed by atoms with Crippen LogP contribution in [-0.2, 0) is 26.5 Å². The van der Waals surface area contributed by atoms with Gasteiger partial charge in [0.05, 0.1) is 22.7 Å². The molecule has 30 heavy (non-hydrogen) atoms. The van der Waals surface area contributed by atoms with Crippen LogP contribution >= 0.6 is 0 Å². The van der Waals surface area contributed by atoms with Gasteiger partial charge in [0.25, 0.3) is 0 Å². The maximum Gasteiger partial charge on any atom is 0.239 e. The van der Waals surface area contributed by atoms with E-state index in [1.165, 1.54) is 3.97 Å². The number of benzene rings is 1. The van der Waals surface area contributed by atoms with Crippen LogP contribution in [0, 0.1) is 6.92 Å². The molecule has 1 aliphatic carbocycles. The van der Waals surface area contributed by atoms with Gasteiger partial charge in [0.2, 0.25) is 20.0 Å². The van der Waals surface area contributed by atoms with Gasteiger partial charge in [0, 0.05) is 23.1 Å². The number of aromatic nitrogens is 1. The third-order valence-corrected chi connectivity index (χ3v) is 8.66. The summed E-state index contributed by atoms with van der Waals surface area (Å²) in [5.41, 5.74) is 2.42. The Bertz CT molecular complexity index is 1180. The molecule has 0 spiro atoms. The number of rotatable bonds is 9. The second kappa shape index (κ2) is 8.70. The number of sulfonamides is 1. The van der Waals surface area contributed by atoms with Crippen LogP contribution in [-0.4, -0.2) is 38.1 Å². The Hall–Kier alpha value is -1.87. The molecule has 1 N–H and O–H groups in total. The van der Waals surface area contributed by atoms with Crippen LogP contribution < -0.4 is 4.72 Å². The quantitative estimate of drug-likeness (QED) is 0.617. The summed E-state index contributed by atoms with van der Waals surface area (Å²) in [6.45, 7) is 5.60. The summed E-state index contributed by atoms with van der Waals surface area (Å²) in [5, 5.41) is 0.508. The Morgan fingerprint density at radius 1 is 1.00 bits per heavy atom. The first-order valence-electron chi connectivity index (χ1n) is 10.6. The summed E-state index contributed by atoms with van der Waals surface area (Å²) < 4.78 is 55.0. The average molecular weight is 455 g/mol. The van der Waals surface area contributed by atoms with Crippen molar-refractivity contribution < 1.29 is 21.6 Å². The second-order valence-corrected chi connectivity index (χ2v) is 11.8. The number of unbranched alkanes of at least 4 members (excludes halogenated alkanes) is 2. The standard InChI is InChI=1S/C21H30N2O5S2/c1-4-6-11-29(25,26)22-17-14-16-19(13-15(17)3)23(30(27,28)12-7-5-2)18-9-8-10-20(24)21(16)18/h13-14,22H,4-12H2,1-3H3. The van der Waals surface area contributed by atoms with Crippen LogP contribution in [0.1, 0.15) is 74.0 Å².